The first-order valence-corrected chi connectivity index (χ1v) is 5.69. The molecule has 1 unspecified atom stereocenters. The molecule has 0 radical (unpaired) electrons. The molecule has 0 saturated carbocycles. The van der Waals surface area contributed by atoms with Crippen molar-refractivity contribution in [3.05, 3.63) is 35.9 Å². The zero-order chi connectivity index (χ0) is 10.7. The zero-order valence-corrected chi connectivity index (χ0v) is 9.28. The monoisotopic (exact) mass is 223 g/mol. The number of amides is 1. The summed E-state index contributed by atoms with van der Waals surface area (Å²) in [6.45, 7) is 1.51. The van der Waals surface area contributed by atoms with Gasteiger partial charge < -0.3 is 4.90 Å². The van der Waals surface area contributed by atoms with Crippen molar-refractivity contribution in [2.45, 2.75) is 18.2 Å². The van der Waals surface area contributed by atoms with Gasteiger partial charge in [-0.2, -0.15) is 0 Å². The minimum Gasteiger partial charge on any atom is -0.337 e. The van der Waals surface area contributed by atoms with Crippen LogP contribution in [0.4, 0.5) is 0 Å². The van der Waals surface area contributed by atoms with Crippen molar-refractivity contribution in [2.75, 3.05) is 13.1 Å². The first-order valence-electron chi connectivity index (χ1n) is 5.26. The zero-order valence-electron chi connectivity index (χ0n) is 8.53. The maximum absolute atomic E-state index is 12.0. The normalized spacial score (nSPS) is 21.4. The van der Waals surface area contributed by atoms with Crippen LogP contribution in [0.15, 0.2) is 30.3 Å². The Labute approximate surface area is 94.8 Å². The fourth-order valence-corrected chi connectivity index (χ4v) is 2.19. The van der Waals surface area contributed by atoms with Crippen molar-refractivity contribution in [3.63, 3.8) is 0 Å². The van der Waals surface area contributed by atoms with Crippen LogP contribution in [0.5, 0.6) is 0 Å². The number of alkyl halides is 1. The lowest BCUT2D eigenvalue weighted by atomic mass is 10.1. The minimum absolute atomic E-state index is 0.0981. The molecule has 80 valence electrons. The third kappa shape index (κ3) is 2.51. The van der Waals surface area contributed by atoms with Gasteiger partial charge in [-0.05, 0) is 25.0 Å². The number of halogens is 1. The number of hydrogen-bond acceptors (Lipinski definition) is 1. The lowest BCUT2D eigenvalue weighted by Gasteiger charge is -2.29. The predicted octanol–water partition coefficient (Wildman–Crippen LogP) is 2.53. The van der Waals surface area contributed by atoms with Crippen LogP contribution in [-0.4, -0.2) is 29.3 Å². The lowest BCUT2D eigenvalue weighted by Crippen LogP contribution is -2.40. The van der Waals surface area contributed by atoms with Gasteiger partial charge in [0.25, 0.3) is 5.91 Å². The molecule has 1 fully saturated rings. The summed E-state index contributed by atoms with van der Waals surface area (Å²) < 4.78 is 0. The Morgan fingerprint density at radius 1 is 1.33 bits per heavy atom. The molecule has 1 aliphatic heterocycles. The Bertz CT molecular complexity index is 339. The Morgan fingerprint density at radius 2 is 2.07 bits per heavy atom. The second-order valence-corrected chi connectivity index (χ2v) is 4.47. The summed E-state index contributed by atoms with van der Waals surface area (Å²) in [6.07, 6.45) is 2.02. The molecule has 1 atom stereocenters. The standard InChI is InChI=1S/C12H14ClNO/c13-11-7-4-8-14(9-11)12(15)10-5-2-1-3-6-10/h1-3,5-6,11H,4,7-9H2. The van der Waals surface area contributed by atoms with Gasteiger partial charge in [0, 0.05) is 18.7 Å². The van der Waals surface area contributed by atoms with Gasteiger partial charge >= 0.3 is 0 Å². The SMILES string of the molecule is O=C(c1ccccc1)N1CCCC(Cl)C1. The smallest absolute Gasteiger partial charge is 0.253 e. The molecule has 0 spiro atoms. The van der Waals surface area contributed by atoms with E-state index in [1.807, 2.05) is 35.2 Å². The van der Waals surface area contributed by atoms with E-state index < -0.39 is 0 Å². The quantitative estimate of drug-likeness (QED) is 0.670. The van der Waals surface area contributed by atoms with Crippen LogP contribution in [0, 0.1) is 0 Å². The van der Waals surface area contributed by atoms with Crippen LogP contribution in [0.25, 0.3) is 0 Å². The van der Waals surface area contributed by atoms with Crippen LogP contribution >= 0.6 is 11.6 Å². The highest BCUT2D eigenvalue weighted by atomic mass is 35.5. The number of likely N-dealkylation sites (tertiary alicyclic amines) is 1. The fraction of sp³-hybridized carbons (Fsp3) is 0.417. The number of carbonyl (C=O) groups excluding carboxylic acids is 1. The van der Waals surface area contributed by atoms with E-state index in [1.165, 1.54) is 0 Å². The van der Waals surface area contributed by atoms with Gasteiger partial charge in [-0.15, -0.1) is 11.6 Å². The number of piperidine rings is 1. The molecule has 15 heavy (non-hydrogen) atoms. The maximum Gasteiger partial charge on any atom is 0.253 e. The molecular formula is C12H14ClNO. The van der Waals surface area contributed by atoms with Crippen LogP contribution in [0.1, 0.15) is 23.2 Å². The van der Waals surface area contributed by atoms with Crippen LogP contribution in [0.3, 0.4) is 0 Å². The molecule has 0 bridgehead atoms. The van der Waals surface area contributed by atoms with E-state index in [1.54, 1.807) is 0 Å². The molecule has 1 aromatic rings. The molecule has 1 aliphatic rings. The second kappa shape index (κ2) is 4.67. The number of hydrogen-bond donors (Lipinski definition) is 0. The summed E-state index contributed by atoms with van der Waals surface area (Å²) in [5.41, 5.74) is 0.753. The van der Waals surface area contributed by atoms with Crippen LogP contribution in [-0.2, 0) is 0 Å². The molecule has 3 heteroatoms. The first kappa shape index (κ1) is 10.5. The van der Waals surface area contributed by atoms with Gasteiger partial charge in [-0.1, -0.05) is 18.2 Å². The molecule has 1 aromatic carbocycles. The summed E-state index contributed by atoms with van der Waals surface area (Å²) >= 11 is 6.05. The molecule has 1 heterocycles. The molecule has 0 aliphatic carbocycles. The molecule has 0 aromatic heterocycles. The number of rotatable bonds is 1. The average Bonchev–Trinajstić information content (AvgIpc) is 2.29. The van der Waals surface area contributed by atoms with E-state index in [0.717, 1.165) is 24.9 Å². The highest BCUT2D eigenvalue weighted by Crippen LogP contribution is 2.17. The molecule has 1 saturated heterocycles. The number of carbonyl (C=O) groups is 1. The highest BCUT2D eigenvalue weighted by Gasteiger charge is 2.22. The molecule has 2 nitrogen and oxygen atoms in total. The molecule has 0 N–H and O–H groups in total. The van der Waals surface area contributed by atoms with Gasteiger partial charge in [0.2, 0.25) is 0 Å². The molecular weight excluding hydrogens is 210 g/mol. The van der Waals surface area contributed by atoms with Gasteiger partial charge in [0.05, 0.1) is 5.38 Å². The summed E-state index contributed by atoms with van der Waals surface area (Å²) in [4.78, 5) is 13.9. The van der Waals surface area contributed by atoms with Crippen molar-refractivity contribution in [2.24, 2.45) is 0 Å². The largest absolute Gasteiger partial charge is 0.337 e. The van der Waals surface area contributed by atoms with Crippen molar-refractivity contribution < 1.29 is 4.79 Å². The lowest BCUT2D eigenvalue weighted by molar-refractivity contribution is 0.0727. The minimum atomic E-state index is 0.0981. The summed E-state index contributed by atoms with van der Waals surface area (Å²) in [7, 11) is 0. The van der Waals surface area contributed by atoms with Crippen molar-refractivity contribution in [1.82, 2.24) is 4.90 Å². The van der Waals surface area contributed by atoms with E-state index in [0.29, 0.717) is 6.54 Å². The van der Waals surface area contributed by atoms with E-state index in [4.69, 9.17) is 11.6 Å². The number of nitrogens with zero attached hydrogens (tertiary/aromatic N) is 1. The summed E-state index contributed by atoms with van der Waals surface area (Å²) in [6, 6.07) is 9.38. The third-order valence-electron chi connectivity index (χ3n) is 2.67. The second-order valence-electron chi connectivity index (χ2n) is 3.86. The Hall–Kier alpha value is -1.02. The van der Waals surface area contributed by atoms with Gasteiger partial charge in [-0.25, -0.2) is 0 Å². The van der Waals surface area contributed by atoms with Crippen molar-refractivity contribution >= 4 is 17.5 Å². The van der Waals surface area contributed by atoms with Gasteiger partial charge in [-0.3, -0.25) is 4.79 Å². The van der Waals surface area contributed by atoms with E-state index in [-0.39, 0.29) is 11.3 Å². The van der Waals surface area contributed by atoms with Gasteiger partial charge in [0.1, 0.15) is 0 Å². The summed E-state index contributed by atoms with van der Waals surface area (Å²) in [5.74, 6) is 0.0981. The van der Waals surface area contributed by atoms with Crippen molar-refractivity contribution in [3.8, 4) is 0 Å². The maximum atomic E-state index is 12.0. The average molecular weight is 224 g/mol. The third-order valence-corrected chi connectivity index (χ3v) is 3.03. The van der Waals surface area contributed by atoms with Crippen molar-refractivity contribution in [1.29, 1.82) is 0 Å². The number of benzene rings is 1. The van der Waals surface area contributed by atoms with Crippen LogP contribution < -0.4 is 0 Å². The Balaban J connectivity index is 2.08. The Morgan fingerprint density at radius 3 is 2.73 bits per heavy atom. The molecule has 2 rings (SSSR count). The molecule has 1 amide bonds. The predicted molar refractivity (Wildman–Crippen MR) is 61.2 cm³/mol. The highest BCUT2D eigenvalue weighted by molar-refractivity contribution is 6.21. The van der Waals surface area contributed by atoms with E-state index >= 15 is 0 Å². The van der Waals surface area contributed by atoms with Crippen LogP contribution in [0.2, 0.25) is 0 Å². The first-order chi connectivity index (χ1) is 7.27. The van der Waals surface area contributed by atoms with E-state index in [9.17, 15) is 4.79 Å². The Kier molecular flexibility index (Phi) is 3.27. The fourth-order valence-electron chi connectivity index (χ4n) is 1.87. The van der Waals surface area contributed by atoms with E-state index in [2.05, 4.69) is 0 Å². The summed E-state index contributed by atoms with van der Waals surface area (Å²) in [5, 5.41) is 0.117. The van der Waals surface area contributed by atoms with Gasteiger partial charge in [0.15, 0.2) is 0 Å². The topological polar surface area (TPSA) is 20.3 Å².